The average molecular weight is 351 g/mol. The van der Waals surface area contributed by atoms with Crippen molar-refractivity contribution < 1.29 is 13.2 Å². The van der Waals surface area contributed by atoms with Crippen LogP contribution < -0.4 is 10.5 Å². The van der Waals surface area contributed by atoms with Crippen LogP contribution in [0.4, 0.5) is 5.69 Å². The quantitative estimate of drug-likeness (QED) is 0.877. The van der Waals surface area contributed by atoms with Gasteiger partial charge in [0.25, 0.3) is 0 Å². The van der Waals surface area contributed by atoms with E-state index in [1.54, 1.807) is 0 Å². The Bertz CT molecular complexity index is 729. The van der Waals surface area contributed by atoms with E-state index in [0.717, 1.165) is 6.42 Å². The molecule has 5 nitrogen and oxygen atoms in total. The van der Waals surface area contributed by atoms with E-state index in [1.165, 1.54) is 13.0 Å². The predicted octanol–water partition coefficient (Wildman–Crippen LogP) is 2.93. The van der Waals surface area contributed by atoms with Crippen molar-refractivity contribution in [1.29, 1.82) is 0 Å². The number of nitrogens with one attached hydrogen (secondary N) is 1. The molecule has 1 aromatic carbocycles. The maximum Gasteiger partial charge on any atom is 0.238 e. The lowest BCUT2D eigenvalue weighted by atomic mass is 10.1. The van der Waals surface area contributed by atoms with Crippen LogP contribution in [-0.4, -0.2) is 14.3 Å². The predicted molar refractivity (Wildman–Crippen MR) is 83.1 cm³/mol. The molecule has 1 saturated carbocycles. The topological polar surface area (TPSA) is 89.3 Å². The Morgan fingerprint density at radius 1 is 1.43 bits per heavy atom. The monoisotopic (exact) mass is 350 g/mol. The molecule has 0 aromatic heterocycles. The Morgan fingerprint density at radius 3 is 2.38 bits per heavy atom. The van der Waals surface area contributed by atoms with Gasteiger partial charge in [0.1, 0.15) is 0 Å². The van der Waals surface area contributed by atoms with Crippen LogP contribution in [0, 0.1) is 18.3 Å². The van der Waals surface area contributed by atoms with Gasteiger partial charge in [0.2, 0.25) is 15.9 Å². The number of nitrogens with two attached hydrogens (primary N) is 1. The lowest BCUT2D eigenvalue weighted by molar-refractivity contribution is -0.118. The minimum Gasteiger partial charge on any atom is -0.323 e. The van der Waals surface area contributed by atoms with E-state index < -0.39 is 10.0 Å². The van der Waals surface area contributed by atoms with E-state index in [0.29, 0.717) is 0 Å². The molecule has 0 spiro atoms. The molecule has 21 heavy (non-hydrogen) atoms. The molecule has 1 fully saturated rings. The van der Waals surface area contributed by atoms with Gasteiger partial charge in [0.15, 0.2) is 0 Å². The summed E-state index contributed by atoms with van der Waals surface area (Å²) in [6, 6.07) is 1.20. The van der Waals surface area contributed by atoms with Gasteiger partial charge >= 0.3 is 0 Å². The molecule has 1 amide bonds. The van der Waals surface area contributed by atoms with Gasteiger partial charge in [-0.2, -0.15) is 0 Å². The zero-order chi connectivity index (χ0) is 16.2. The van der Waals surface area contributed by atoms with Gasteiger partial charge < -0.3 is 5.32 Å². The molecular formula is C13H16Cl2N2O3S. The van der Waals surface area contributed by atoms with Gasteiger partial charge in [0, 0.05) is 5.92 Å². The summed E-state index contributed by atoms with van der Waals surface area (Å²) in [5.41, 5.74) is 0.448. The summed E-state index contributed by atoms with van der Waals surface area (Å²) in [5.74, 6) is -0.269. The number of hydrogen-bond donors (Lipinski definition) is 2. The van der Waals surface area contributed by atoms with Gasteiger partial charge in [-0.15, -0.1) is 0 Å². The number of amides is 1. The number of rotatable bonds is 3. The molecule has 1 aromatic rings. The molecule has 1 aliphatic rings. The average Bonchev–Trinajstić information content (AvgIpc) is 2.97. The molecule has 2 rings (SSSR count). The molecule has 1 atom stereocenters. The zero-order valence-electron chi connectivity index (χ0n) is 11.8. The summed E-state index contributed by atoms with van der Waals surface area (Å²) >= 11 is 12.2. The number of carbonyl (C=O) groups is 1. The van der Waals surface area contributed by atoms with Crippen molar-refractivity contribution in [2.45, 2.75) is 32.1 Å². The molecule has 0 saturated heterocycles. The number of benzene rings is 1. The van der Waals surface area contributed by atoms with E-state index in [4.69, 9.17) is 28.3 Å². The van der Waals surface area contributed by atoms with E-state index >= 15 is 0 Å². The summed E-state index contributed by atoms with van der Waals surface area (Å²) in [5, 5.41) is 7.91. The zero-order valence-corrected chi connectivity index (χ0v) is 14.2. The normalized spacial score (nSPS) is 20.2. The Morgan fingerprint density at radius 2 is 1.95 bits per heavy atom. The number of halogens is 2. The number of carbonyl (C=O) groups excluding carboxylic acids is 1. The molecule has 116 valence electrons. The van der Waals surface area contributed by atoms with Crippen molar-refractivity contribution in [2.75, 3.05) is 5.32 Å². The highest BCUT2D eigenvalue weighted by molar-refractivity contribution is 7.89. The molecule has 3 N–H and O–H groups in total. The molecule has 0 aliphatic heterocycles. The van der Waals surface area contributed by atoms with Crippen LogP contribution in [0.25, 0.3) is 0 Å². The Hall–Kier alpha value is -0.820. The molecular weight excluding hydrogens is 335 g/mol. The Kier molecular flexibility index (Phi) is 4.04. The fourth-order valence-corrected chi connectivity index (χ4v) is 3.71. The Labute approximate surface area is 133 Å². The van der Waals surface area contributed by atoms with Crippen LogP contribution in [0.3, 0.4) is 0 Å². The third-order valence-electron chi connectivity index (χ3n) is 3.80. The summed E-state index contributed by atoms with van der Waals surface area (Å²) in [6.45, 7) is 5.50. The largest absolute Gasteiger partial charge is 0.323 e. The second-order valence-corrected chi connectivity index (χ2v) is 8.27. The first-order valence-corrected chi connectivity index (χ1v) is 8.57. The number of anilines is 1. The van der Waals surface area contributed by atoms with Crippen molar-refractivity contribution in [1.82, 2.24) is 0 Å². The molecule has 0 heterocycles. The molecule has 1 aliphatic carbocycles. The summed E-state index contributed by atoms with van der Waals surface area (Å²) in [6.07, 6.45) is 0.794. The molecule has 8 heteroatoms. The van der Waals surface area contributed by atoms with Crippen LogP contribution in [-0.2, 0) is 14.8 Å². The van der Waals surface area contributed by atoms with Gasteiger partial charge in [-0.25, -0.2) is 13.6 Å². The fourth-order valence-electron chi connectivity index (χ4n) is 2.23. The minimum atomic E-state index is -3.93. The standard InChI is InChI=1S/C13H16Cl2N2O3S/c1-6-9(21(16,19)20)4-8(14)11(10(6)15)17-12(18)7-5-13(7,2)3/h4,7H,5H2,1-3H3,(H,17,18)(H2,16,19,20). The maximum atomic E-state index is 12.1. The van der Waals surface area contributed by atoms with E-state index in [9.17, 15) is 13.2 Å². The number of primary sulfonamides is 1. The first kappa shape index (κ1) is 16.5. The number of sulfonamides is 1. The summed E-state index contributed by atoms with van der Waals surface area (Å²) in [4.78, 5) is 12.0. The number of hydrogen-bond acceptors (Lipinski definition) is 3. The lowest BCUT2D eigenvalue weighted by Crippen LogP contribution is -2.18. The molecule has 0 bridgehead atoms. The van der Waals surface area contributed by atoms with Gasteiger partial charge in [0.05, 0.1) is 20.6 Å². The van der Waals surface area contributed by atoms with Crippen molar-refractivity contribution in [3.8, 4) is 0 Å². The van der Waals surface area contributed by atoms with E-state index in [-0.39, 0.29) is 43.4 Å². The summed E-state index contributed by atoms with van der Waals surface area (Å²) in [7, 11) is -3.93. The van der Waals surface area contributed by atoms with Crippen molar-refractivity contribution in [3.63, 3.8) is 0 Å². The second-order valence-electron chi connectivity index (χ2n) is 5.95. The summed E-state index contributed by atoms with van der Waals surface area (Å²) < 4.78 is 22.9. The Balaban J connectivity index is 2.38. The molecule has 1 unspecified atom stereocenters. The lowest BCUT2D eigenvalue weighted by Gasteiger charge is -2.14. The minimum absolute atomic E-state index is 0.0291. The van der Waals surface area contributed by atoms with Crippen LogP contribution in [0.1, 0.15) is 25.8 Å². The third kappa shape index (κ3) is 3.18. The highest BCUT2D eigenvalue weighted by Crippen LogP contribution is 2.52. The van der Waals surface area contributed by atoms with Crippen molar-refractivity contribution in [3.05, 3.63) is 21.7 Å². The first-order valence-electron chi connectivity index (χ1n) is 6.27. The first-order chi connectivity index (χ1) is 9.45. The van der Waals surface area contributed by atoms with Gasteiger partial charge in [-0.1, -0.05) is 37.0 Å². The van der Waals surface area contributed by atoms with Crippen LogP contribution >= 0.6 is 23.2 Å². The van der Waals surface area contributed by atoms with E-state index in [1.807, 2.05) is 13.8 Å². The third-order valence-corrected chi connectivity index (χ3v) is 5.61. The van der Waals surface area contributed by atoms with E-state index in [2.05, 4.69) is 5.32 Å². The van der Waals surface area contributed by atoms with Crippen molar-refractivity contribution >= 4 is 44.8 Å². The fraction of sp³-hybridized carbons (Fsp3) is 0.462. The highest BCUT2D eigenvalue weighted by Gasteiger charge is 2.50. The van der Waals surface area contributed by atoms with Crippen LogP contribution in [0.15, 0.2) is 11.0 Å². The SMILES string of the molecule is Cc1c(S(N)(=O)=O)cc(Cl)c(NC(=O)C2CC2(C)C)c1Cl. The van der Waals surface area contributed by atoms with Gasteiger partial charge in [-0.3, -0.25) is 4.79 Å². The van der Waals surface area contributed by atoms with Crippen LogP contribution in [0.2, 0.25) is 10.0 Å². The maximum absolute atomic E-state index is 12.1. The molecule has 0 radical (unpaired) electrons. The van der Waals surface area contributed by atoms with Crippen molar-refractivity contribution in [2.24, 2.45) is 16.5 Å². The smallest absolute Gasteiger partial charge is 0.238 e. The highest BCUT2D eigenvalue weighted by atomic mass is 35.5. The second kappa shape index (κ2) is 5.12. The van der Waals surface area contributed by atoms with Crippen LogP contribution in [0.5, 0.6) is 0 Å². The van der Waals surface area contributed by atoms with Gasteiger partial charge in [-0.05, 0) is 30.4 Å².